The minimum atomic E-state index is -1.05. The van der Waals surface area contributed by atoms with Gasteiger partial charge in [0.1, 0.15) is 17.0 Å². The summed E-state index contributed by atoms with van der Waals surface area (Å²) in [5, 5.41) is 27.5. The van der Waals surface area contributed by atoms with Crippen LogP contribution in [0.25, 0.3) is 28.0 Å². The number of carboxylic acids is 1. The number of aromatic carboxylic acids is 1. The number of rotatable bonds is 5. The maximum absolute atomic E-state index is 13.7. The standard InChI is InChI=1S/C24H15FN4O4/c25-18-12-16(8-10-21(18)30)29-13-20(27-28-29)19-9-7-14-3-2-6-22(23(14)26-19)33-17-5-1-4-15(11-17)24(31)32/h1-13,30H,(H,31,32). The van der Waals surface area contributed by atoms with E-state index in [0.717, 1.165) is 11.5 Å². The van der Waals surface area contributed by atoms with Crippen LogP contribution in [0.1, 0.15) is 10.4 Å². The summed E-state index contributed by atoms with van der Waals surface area (Å²) in [6, 6.07) is 19.2. The van der Waals surface area contributed by atoms with Crippen molar-refractivity contribution >= 4 is 16.9 Å². The number of carboxylic acid groups (broad SMARTS) is 1. The van der Waals surface area contributed by atoms with Crippen LogP contribution in [-0.2, 0) is 0 Å². The van der Waals surface area contributed by atoms with E-state index in [4.69, 9.17) is 4.74 Å². The van der Waals surface area contributed by atoms with Crippen LogP contribution in [0, 0.1) is 5.82 Å². The van der Waals surface area contributed by atoms with Gasteiger partial charge in [0.05, 0.1) is 23.1 Å². The van der Waals surface area contributed by atoms with Gasteiger partial charge in [-0.05, 0) is 42.5 Å². The molecule has 0 atom stereocenters. The molecule has 162 valence electrons. The van der Waals surface area contributed by atoms with E-state index >= 15 is 0 Å². The van der Waals surface area contributed by atoms with Gasteiger partial charge in [-0.2, -0.15) is 0 Å². The fourth-order valence-corrected chi connectivity index (χ4v) is 3.31. The molecule has 2 N–H and O–H groups in total. The zero-order valence-corrected chi connectivity index (χ0v) is 16.9. The van der Waals surface area contributed by atoms with Gasteiger partial charge in [-0.25, -0.2) is 18.9 Å². The molecule has 33 heavy (non-hydrogen) atoms. The highest BCUT2D eigenvalue weighted by Crippen LogP contribution is 2.31. The van der Waals surface area contributed by atoms with Gasteiger partial charge in [-0.15, -0.1) is 5.10 Å². The lowest BCUT2D eigenvalue weighted by atomic mass is 10.1. The number of aromatic nitrogens is 4. The fourth-order valence-electron chi connectivity index (χ4n) is 3.31. The van der Waals surface area contributed by atoms with Crippen molar-refractivity contribution in [2.24, 2.45) is 0 Å². The number of halogens is 1. The normalized spacial score (nSPS) is 10.9. The molecule has 8 nitrogen and oxygen atoms in total. The Bertz CT molecular complexity index is 1520. The molecular formula is C24H15FN4O4. The molecule has 0 fully saturated rings. The first-order valence-electron chi connectivity index (χ1n) is 9.80. The van der Waals surface area contributed by atoms with Gasteiger partial charge in [0, 0.05) is 11.5 Å². The number of aromatic hydroxyl groups is 1. The zero-order chi connectivity index (χ0) is 22.9. The molecule has 9 heteroatoms. The SMILES string of the molecule is O=C(O)c1cccc(Oc2cccc3ccc(-c4cn(-c5ccc(O)c(F)c5)nn4)nc23)c1. The number of pyridine rings is 1. The van der Waals surface area contributed by atoms with Crippen molar-refractivity contribution in [3.63, 3.8) is 0 Å². The molecule has 0 aliphatic heterocycles. The Morgan fingerprint density at radius 1 is 0.970 bits per heavy atom. The molecule has 0 saturated heterocycles. The first-order chi connectivity index (χ1) is 16.0. The Balaban J connectivity index is 1.51. The predicted molar refractivity (Wildman–Crippen MR) is 117 cm³/mol. The lowest BCUT2D eigenvalue weighted by Gasteiger charge is -2.09. The number of para-hydroxylation sites is 1. The Labute approximate surface area is 186 Å². The average molecular weight is 442 g/mol. The second-order valence-electron chi connectivity index (χ2n) is 7.14. The first kappa shape index (κ1) is 20.1. The van der Waals surface area contributed by atoms with Crippen molar-refractivity contribution in [3.05, 3.63) is 90.4 Å². The van der Waals surface area contributed by atoms with Crippen molar-refractivity contribution in [1.82, 2.24) is 20.0 Å². The maximum atomic E-state index is 13.7. The van der Waals surface area contributed by atoms with Crippen LogP contribution in [0.15, 0.2) is 79.0 Å². The van der Waals surface area contributed by atoms with Crippen molar-refractivity contribution in [3.8, 4) is 34.3 Å². The van der Waals surface area contributed by atoms with E-state index in [0.29, 0.717) is 34.1 Å². The monoisotopic (exact) mass is 442 g/mol. The van der Waals surface area contributed by atoms with Crippen LogP contribution >= 0.6 is 0 Å². The molecular weight excluding hydrogens is 427 g/mol. The van der Waals surface area contributed by atoms with E-state index in [-0.39, 0.29) is 5.56 Å². The smallest absolute Gasteiger partial charge is 0.335 e. The number of hydrogen-bond acceptors (Lipinski definition) is 6. The summed E-state index contributed by atoms with van der Waals surface area (Å²) in [5.74, 6) is -1.44. The molecule has 0 amide bonds. The predicted octanol–water partition coefficient (Wildman–Crippen LogP) is 4.82. The van der Waals surface area contributed by atoms with Gasteiger partial charge >= 0.3 is 5.97 Å². The Morgan fingerprint density at radius 3 is 2.64 bits per heavy atom. The van der Waals surface area contributed by atoms with E-state index in [2.05, 4.69) is 15.3 Å². The number of phenols is 1. The maximum Gasteiger partial charge on any atom is 0.335 e. The van der Waals surface area contributed by atoms with Crippen LogP contribution in [0.5, 0.6) is 17.2 Å². The second-order valence-corrected chi connectivity index (χ2v) is 7.14. The van der Waals surface area contributed by atoms with E-state index < -0.39 is 17.5 Å². The molecule has 0 spiro atoms. The molecule has 0 unspecified atom stereocenters. The molecule has 2 heterocycles. The van der Waals surface area contributed by atoms with Gasteiger partial charge in [-0.3, -0.25) is 0 Å². The van der Waals surface area contributed by atoms with E-state index in [1.54, 1.807) is 30.5 Å². The third-order valence-corrected chi connectivity index (χ3v) is 4.94. The van der Waals surface area contributed by atoms with Crippen LogP contribution in [-0.4, -0.2) is 36.2 Å². The van der Waals surface area contributed by atoms with Crippen LogP contribution < -0.4 is 4.74 Å². The molecule has 2 aromatic heterocycles. The molecule has 0 radical (unpaired) electrons. The lowest BCUT2D eigenvalue weighted by molar-refractivity contribution is 0.0696. The van der Waals surface area contributed by atoms with E-state index in [1.165, 1.54) is 28.9 Å². The first-order valence-corrected chi connectivity index (χ1v) is 9.80. The van der Waals surface area contributed by atoms with E-state index in [1.807, 2.05) is 18.2 Å². The van der Waals surface area contributed by atoms with Gasteiger partial charge in [-0.1, -0.05) is 29.5 Å². The topological polar surface area (TPSA) is 110 Å². The molecule has 0 aliphatic rings. The van der Waals surface area contributed by atoms with Gasteiger partial charge < -0.3 is 14.9 Å². The number of ether oxygens (including phenoxy) is 1. The van der Waals surface area contributed by atoms with Crippen molar-refractivity contribution in [2.45, 2.75) is 0 Å². The van der Waals surface area contributed by atoms with Crippen LogP contribution in [0.4, 0.5) is 4.39 Å². The molecule has 5 aromatic rings. The largest absolute Gasteiger partial charge is 0.505 e. The van der Waals surface area contributed by atoms with Crippen LogP contribution in [0.3, 0.4) is 0 Å². The summed E-state index contributed by atoms with van der Waals surface area (Å²) in [7, 11) is 0. The number of nitrogens with zero attached hydrogens (tertiary/aromatic N) is 4. The van der Waals surface area contributed by atoms with Crippen molar-refractivity contribution in [2.75, 3.05) is 0 Å². The van der Waals surface area contributed by atoms with Crippen molar-refractivity contribution < 1.29 is 24.1 Å². The summed E-state index contributed by atoms with van der Waals surface area (Å²) < 4.78 is 21.0. The minimum Gasteiger partial charge on any atom is -0.505 e. The molecule has 0 bridgehead atoms. The summed E-state index contributed by atoms with van der Waals surface area (Å²) in [6.07, 6.45) is 1.60. The van der Waals surface area contributed by atoms with E-state index in [9.17, 15) is 19.4 Å². The minimum absolute atomic E-state index is 0.115. The number of benzene rings is 3. The molecule has 0 aliphatic carbocycles. The van der Waals surface area contributed by atoms with Crippen LogP contribution in [0.2, 0.25) is 0 Å². The molecule has 3 aromatic carbocycles. The number of phenolic OH excluding ortho intramolecular Hbond substituents is 1. The summed E-state index contributed by atoms with van der Waals surface area (Å²) in [6.45, 7) is 0. The highest BCUT2D eigenvalue weighted by atomic mass is 19.1. The van der Waals surface area contributed by atoms with Gasteiger partial charge in [0.2, 0.25) is 0 Å². The molecule has 5 rings (SSSR count). The summed E-state index contributed by atoms with van der Waals surface area (Å²) in [5.41, 5.74) is 2.04. The third kappa shape index (κ3) is 3.94. The molecule has 0 saturated carbocycles. The number of fused-ring (bicyclic) bond motifs is 1. The summed E-state index contributed by atoms with van der Waals surface area (Å²) in [4.78, 5) is 15.9. The third-order valence-electron chi connectivity index (χ3n) is 4.94. The lowest BCUT2D eigenvalue weighted by Crippen LogP contribution is -1.96. The number of hydrogen-bond donors (Lipinski definition) is 2. The quantitative estimate of drug-likeness (QED) is 0.402. The van der Waals surface area contributed by atoms with Gasteiger partial charge in [0.25, 0.3) is 0 Å². The Morgan fingerprint density at radius 2 is 1.82 bits per heavy atom. The second kappa shape index (κ2) is 8.04. The zero-order valence-electron chi connectivity index (χ0n) is 16.9. The average Bonchev–Trinajstić information content (AvgIpc) is 3.31. The summed E-state index contributed by atoms with van der Waals surface area (Å²) >= 11 is 0. The highest BCUT2D eigenvalue weighted by molar-refractivity contribution is 5.88. The number of carbonyl (C=O) groups is 1. The highest BCUT2D eigenvalue weighted by Gasteiger charge is 2.12. The van der Waals surface area contributed by atoms with Gasteiger partial charge in [0.15, 0.2) is 17.3 Å². The van der Waals surface area contributed by atoms with Crippen molar-refractivity contribution in [1.29, 1.82) is 0 Å². The Kier molecular flexibility index (Phi) is 4.91. The Hall–Kier alpha value is -4.79. The fraction of sp³-hybridized carbons (Fsp3) is 0.